The van der Waals surface area contributed by atoms with Crippen LogP contribution in [0.25, 0.3) is 0 Å². The van der Waals surface area contributed by atoms with E-state index >= 15 is 0 Å². The number of nitriles is 1. The highest BCUT2D eigenvalue weighted by atomic mass is 32.2. The first-order chi connectivity index (χ1) is 13.5. The topological polar surface area (TPSA) is 70.0 Å². The van der Waals surface area contributed by atoms with Crippen LogP contribution in [0, 0.1) is 18.3 Å². The summed E-state index contributed by atoms with van der Waals surface area (Å²) < 4.78 is 28.7. The van der Waals surface area contributed by atoms with E-state index in [0.717, 1.165) is 16.0 Å². The molecule has 0 aliphatic rings. The number of aryl methyl sites for hydroxylation is 1. The number of nitrogens with one attached hydrogen (secondary N) is 1. The molecule has 0 saturated heterocycles. The quantitative estimate of drug-likeness (QED) is 0.575. The summed E-state index contributed by atoms with van der Waals surface area (Å²) in [5.41, 5.74) is 1.72. The van der Waals surface area contributed by atoms with E-state index in [1.807, 2.05) is 67.6 Å². The maximum atomic E-state index is 13.0. The van der Waals surface area contributed by atoms with Gasteiger partial charge in [0.05, 0.1) is 17.0 Å². The zero-order valence-electron chi connectivity index (χ0n) is 15.3. The van der Waals surface area contributed by atoms with E-state index in [-0.39, 0.29) is 4.90 Å². The van der Waals surface area contributed by atoms with Crippen LogP contribution < -0.4 is 4.72 Å². The lowest BCUT2D eigenvalue weighted by atomic mass is 10.1. The lowest BCUT2D eigenvalue weighted by Gasteiger charge is -2.23. The van der Waals surface area contributed by atoms with Gasteiger partial charge < -0.3 is 0 Å². The number of thioether (sulfide) groups is 1. The van der Waals surface area contributed by atoms with Crippen molar-refractivity contribution in [2.45, 2.75) is 28.0 Å². The Kier molecular flexibility index (Phi) is 6.53. The van der Waals surface area contributed by atoms with Gasteiger partial charge in [-0.2, -0.15) is 5.26 Å². The van der Waals surface area contributed by atoms with Crippen molar-refractivity contribution in [1.82, 2.24) is 4.72 Å². The lowest BCUT2D eigenvalue weighted by Crippen LogP contribution is -2.34. The molecule has 0 radical (unpaired) electrons. The second kappa shape index (κ2) is 9.07. The molecule has 3 aromatic rings. The van der Waals surface area contributed by atoms with Crippen molar-refractivity contribution >= 4 is 21.8 Å². The van der Waals surface area contributed by atoms with E-state index in [1.54, 1.807) is 24.3 Å². The van der Waals surface area contributed by atoms with Crippen LogP contribution in [0.1, 0.15) is 17.2 Å². The molecule has 3 aromatic carbocycles. The average Bonchev–Trinajstić information content (AvgIpc) is 2.72. The first-order valence-corrected chi connectivity index (χ1v) is 11.1. The standard InChI is InChI=1S/C22H20N2O2S2/c1-17-12-14-20(15-13-17)28(25,26)24-22(18-8-4-2-5-9-18)21(16-23)27-19-10-6-3-7-11-19/h2-15,21-22,24H,1H3/t21-,22+/m1/s1. The molecule has 2 atom stereocenters. The van der Waals surface area contributed by atoms with Crippen molar-refractivity contribution in [2.75, 3.05) is 0 Å². The predicted octanol–water partition coefficient (Wildman–Crippen LogP) is 4.70. The summed E-state index contributed by atoms with van der Waals surface area (Å²) in [4.78, 5) is 1.09. The van der Waals surface area contributed by atoms with Gasteiger partial charge in [-0.25, -0.2) is 13.1 Å². The molecular formula is C22H20N2O2S2. The van der Waals surface area contributed by atoms with E-state index in [4.69, 9.17) is 0 Å². The molecule has 0 saturated carbocycles. The van der Waals surface area contributed by atoms with E-state index in [2.05, 4.69) is 10.8 Å². The Bertz CT molecular complexity index is 1050. The molecule has 6 heteroatoms. The second-order valence-corrected chi connectivity index (χ2v) is 9.23. The van der Waals surface area contributed by atoms with Gasteiger partial charge in [0.1, 0.15) is 5.25 Å². The van der Waals surface area contributed by atoms with Crippen molar-refractivity contribution in [3.05, 3.63) is 96.1 Å². The molecule has 1 N–H and O–H groups in total. The second-order valence-electron chi connectivity index (χ2n) is 6.30. The van der Waals surface area contributed by atoms with E-state index in [0.29, 0.717) is 0 Å². The Morgan fingerprint density at radius 3 is 2.04 bits per heavy atom. The summed E-state index contributed by atoms with van der Waals surface area (Å²) in [5, 5.41) is 9.18. The van der Waals surface area contributed by atoms with Gasteiger partial charge in [0.25, 0.3) is 0 Å². The van der Waals surface area contributed by atoms with Crippen molar-refractivity contribution in [3.63, 3.8) is 0 Å². The first-order valence-electron chi connectivity index (χ1n) is 8.75. The normalized spacial score (nSPS) is 13.4. The molecule has 0 heterocycles. The molecule has 0 aliphatic carbocycles. The van der Waals surface area contributed by atoms with Crippen LogP contribution >= 0.6 is 11.8 Å². The minimum Gasteiger partial charge on any atom is -0.207 e. The van der Waals surface area contributed by atoms with Gasteiger partial charge in [-0.15, -0.1) is 11.8 Å². The number of hydrogen-bond acceptors (Lipinski definition) is 4. The van der Waals surface area contributed by atoms with Gasteiger partial charge in [-0.05, 0) is 36.8 Å². The highest BCUT2D eigenvalue weighted by molar-refractivity contribution is 8.00. The van der Waals surface area contributed by atoms with E-state index < -0.39 is 21.3 Å². The Hall–Kier alpha value is -2.59. The maximum Gasteiger partial charge on any atom is 0.241 e. The van der Waals surface area contributed by atoms with Crippen molar-refractivity contribution in [2.24, 2.45) is 0 Å². The molecule has 0 bridgehead atoms. The van der Waals surface area contributed by atoms with E-state index in [9.17, 15) is 13.7 Å². The summed E-state index contributed by atoms with van der Waals surface area (Å²) in [6, 6.07) is 26.9. The van der Waals surface area contributed by atoms with Crippen molar-refractivity contribution in [1.29, 1.82) is 5.26 Å². The van der Waals surface area contributed by atoms with Gasteiger partial charge in [-0.1, -0.05) is 66.2 Å². The van der Waals surface area contributed by atoms with Crippen molar-refractivity contribution in [3.8, 4) is 6.07 Å². The summed E-state index contributed by atoms with van der Waals surface area (Å²) in [6.45, 7) is 1.90. The predicted molar refractivity (Wildman–Crippen MR) is 112 cm³/mol. The molecular weight excluding hydrogens is 388 g/mol. The third kappa shape index (κ3) is 5.02. The van der Waals surface area contributed by atoms with Crippen molar-refractivity contribution < 1.29 is 8.42 Å². The fourth-order valence-corrected chi connectivity index (χ4v) is 5.08. The molecule has 0 fully saturated rings. The highest BCUT2D eigenvalue weighted by Gasteiger charge is 2.29. The van der Waals surface area contributed by atoms with Gasteiger partial charge in [0.2, 0.25) is 10.0 Å². The monoisotopic (exact) mass is 408 g/mol. The van der Waals surface area contributed by atoms with Gasteiger partial charge >= 0.3 is 0 Å². The molecule has 0 amide bonds. The minimum absolute atomic E-state index is 0.181. The Morgan fingerprint density at radius 1 is 0.893 bits per heavy atom. The Labute approximate surface area is 170 Å². The van der Waals surface area contributed by atoms with Crippen LogP contribution in [-0.2, 0) is 10.0 Å². The number of benzene rings is 3. The molecule has 0 aromatic heterocycles. The maximum absolute atomic E-state index is 13.0. The molecule has 142 valence electrons. The fraction of sp³-hybridized carbons (Fsp3) is 0.136. The van der Waals surface area contributed by atoms with Crippen LogP contribution in [0.2, 0.25) is 0 Å². The highest BCUT2D eigenvalue weighted by Crippen LogP contribution is 2.33. The Morgan fingerprint density at radius 2 is 1.46 bits per heavy atom. The molecule has 4 nitrogen and oxygen atoms in total. The molecule has 0 aliphatic heterocycles. The van der Waals surface area contributed by atoms with Crippen LogP contribution in [-0.4, -0.2) is 13.7 Å². The van der Waals surface area contributed by atoms with E-state index in [1.165, 1.54) is 11.8 Å². The summed E-state index contributed by atoms with van der Waals surface area (Å²) in [6.07, 6.45) is 0. The van der Waals surface area contributed by atoms with Crippen LogP contribution in [0.3, 0.4) is 0 Å². The third-order valence-electron chi connectivity index (χ3n) is 4.21. The molecule has 3 rings (SSSR count). The molecule has 0 unspecified atom stereocenters. The smallest absolute Gasteiger partial charge is 0.207 e. The van der Waals surface area contributed by atoms with Gasteiger partial charge in [-0.3, -0.25) is 0 Å². The number of nitrogens with zero attached hydrogens (tertiary/aromatic N) is 1. The first kappa shape index (κ1) is 20.2. The van der Waals surface area contributed by atoms with Crippen LogP contribution in [0.4, 0.5) is 0 Å². The average molecular weight is 409 g/mol. The number of rotatable bonds is 7. The summed E-state index contributed by atoms with van der Waals surface area (Å²) in [7, 11) is -3.79. The Balaban J connectivity index is 1.95. The SMILES string of the molecule is Cc1ccc(S(=O)(=O)N[C@@H](c2ccccc2)[C@@H](C#N)Sc2ccccc2)cc1. The van der Waals surface area contributed by atoms with Gasteiger partial charge in [0.15, 0.2) is 0 Å². The van der Waals surface area contributed by atoms with Crippen LogP contribution in [0.5, 0.6) is 0 Å². The fourth-order valence-electron chi connectivity index (χ4n) is 2.73. The number of hydrogen-bond donors (Lipinski definition) is 1. The summed E-state index contributed by atoms with van der Waals surface area (Å²) in [5.74, 6) is 0. The molecule has 28 heavy (non-hydrogen) atoms. The lowest BCUT2D eigenvalue weighted by molar-refractivity contribution is 0.561. The van der Waals surface area contributed by atoms with Gasteiger partial charge in [0, 0.05) is 4.90 Å². The zero-order chi connectivity index (χ0) is 20.0. The zero-order valence-corrected chi connectivity index (χ0v) is 17.0. The third-order valence-corrected chi connectivity index (χ3v) is 6.84. The number of sulfonamides is 1. The summed E-state index contributed by atoms with van der Waals surface area (Å²) >= 11 is 1.34. The largest absolute Gasteiger partial charge is 0.241 e. The molecule has 0 spiro atoms. The van der Waals surface area contributed by atoms with Crippen LogP contribution in [0.15, 0.2) is 94.7 Å². The minimum atomic E-state index is -3.79.